The Balaban J connectivity index is 2.97. The van der Waals surface area contributed by atoms with Crippen LogP contribution in [0.15, 0.2) is 37.0 Å². The molecular weight excluding hydrogens is 190 g/mol. The second-order valence-corrected chi connectivity index (χ2v) is 3.00. The number of benzene rings is 1. The zero-order valence-electron chi connectivity index (χ0n) is 9.06. The van der Waals surface area contributed by atoms with Gasteiger partial charge in [-0.15, -0.1) is 0 Å². The van der Waals surface area contributed by atoms with Crippen LogP contribution in [0.25, 0.3) is 0 Å². The lowest BCUT2D eigenvalue weighted by Gasteiger charge is -2.16. The van der Waals surface area contributed by atoms with Crippen molar-refractivity contribution in [2.24, 2.45) is 0 Å². The number of carbonyl (C=O) groups is 1. The van der Waals surface area contributed by atoms with Crippen LogP contribution in [0, 0.1) is 0 Å². The molecule has 0 unspecified atom stereocenters. The number of amides is 1. The zero-order chi connectivity index (χ0) is 11.3. The maximum Gasteiger partial charge on any atom is 0.227 e. The van der Waals surface area contributed by atoms with Crippen molar-refractivity contribution in [1.29, 1.82) is 0 Å². The smallest absolute Gasteiger partial charge is 0.227 e. The summed E-state index contributed by atoms with van der Waals surface area (Å²) in [6.45, 7) is 7.62. The molecule has 15 heavy (non-hydrogen) atoms. The van der Waals surface area contributed by atoms with E-state index in [-0.39, 0.29) is 5.91 Å². The molecule has 0 radical (unpaired) electrons. The van der Waals surface area contributed by atoms with Crippen molar-refractivity contribution in [3.8, 4) is 5.75 Å². The van der Waals surface area contributed by atoms with Crippen molar-refractivity contribution in [2.75, 3.05) is 11.5 Å². The van der Waals surface area contributed by atoms with Crippen molar-refractivity contribution in [3.63, 3.8) is 0 Å². The minimum atomic E-state index is -0.0707. The summed E-state index contributed by atoms with van der Waals surface area (Å²) in [4.78, 5) is 12.7. The lowest BCUT2D eigenvalue weighted by molar-refractivity contribution is -0.115. The number of anilines is 1. The molecule has 0 heterocycles. The summed E-state index contributed by atoms with van der Waals surface area (Å²) >= 11 is 0. The Hall–Kier alpha value is -1.77. The first-order valence-electron chi connectivity index (χ1n) is 4.84. The molecule has 1 amide bonds. The second kappa shape index (κ2) is 5.20. The highest BCUT2D eigenvalue weighted by Gasteiger charge is 2.07. The first-order chi connectivity index (χ1) is 7.19. The molecule has 0 bridgehead atoms. The van der Waals surface area contributed by atoms with Gasteiger partial charge >= 0.3 is 0 Å². The number of hydrogen-bond acceptors (Lipinski definition) is 2. The van der Waals surface area contributed by atoms with Crippen LogP contribution < -0.4 is 9.64 Å². The molecule has 3 heteroatoms. The molecule has 3 nitrogen and oxygen atoms in total. The largest absolute Gasteiger partial charge is 0.494 e. The maximum atomic E-state index is 11.3. The molecule has 0 aromatic heterocycles. The first kappa shape index (κ1) is 11.3. The van der Waals surface area contributed by atoms with Crippen molar-refractivity contribution in [2.45, 2.75) is 13.8 Å². The van der Waals surface area contributed by atoms with E-state index in [0.717, 1.165) is 11.4 Å². The zero-order valence-corrected chi connectivity index (χ0v) is 9.06. The molecule has 0 atom stereocenters. The molecule has 0 aliphatic rings. The van der Waals surface area contributed by atoms with Crippen molar-refractivity contribution in [3.05, 3.63) is 37.0 Å². The van der Waals surface area contributed by atoms with Gasteiger partial charge in [0.25, 0.3) is 0 Å². The summed E-state index contributed by atoms with van der Waals surface area (Å²) in [6.07, 6.45) is 1.49. The summed E-state index contributed by atoms with van der Waals surface area (Å²) in [6, 6.07) is 7.35. The van der Waals surface area contributed by atoms with Gasteiger partial charge in [-0.3, -0.25) is 9.69 Å². The summed E-state index contributed by atoms with van der Waals surface area (Å²) in [7, 11) is 0. The van der Waals surface area contributed by atoms with Gasteiger partial charge in [0, 0.05) is 19.2 Å². The monoisotopic (exact) mass is 205 g/mol. The van der Waals surface area contributed by atoms with E-state index in [0.29, 0.717) is 6.61 Å². The normalized spacial score (nSPS) is 9.47. The van der Waals surface area contributed by atoms with E-state index in [4.69, 9.17) is 4.74 Å². The Morgan fingerprint density at radius 3 is 2.87 bits per heavy atom. The van der Waals surface area contributed by atoms with E-state index >= 15 is 0 Å². The summed E-state index contributed by atoms with van der Waals surface area (Å²) in [5, 5.41) is 0. The van der Waals surface area contributed by atoms with Gasteiger partial charge in [0.15, 0.2) is 0 Å². The molecule has 1 aromatic carbocycles. The quantitative estimate of drug-likeness (QED) is 0.756. The van der Waals surface area contributed by atoms with Crippen LogP contribution in [-0.4, -0.2) is 12.5 Å². The van der Waals surface area contributed by atoms with Crippen LogP contribution in [-0.2, 0) is 4.79 Å². The van der Waals surface area contributed by atoms with E-state index in [1.165, 1.54) is 18.0 Å². The Morgan fingerprint density at radius 1 is 1.60 bits per heavy atom. The van der Waals surface area contributed by atoms with Gasteiger partial charge in [-0.2, -0.15) is 0 Å². The van der Waals surface area contributed by atoms with Gasteiger partial charge < -0.3 is 4.74 Å². The van der Waals surface area contributed by atoms with E-state index in [1.807, 2.05) is 31.2 Å². The van der Waals surface area contributed by atoms with Crippen LogP contribution in [0.5, 0.6) is 5.75 Å². The molecule has 0 aliphatic heterocycles. The van der Waals surface area contributed by atoms with E-state index < -0.39 is 0 Å². The molecule has 0 aliphatic carbocycles. The van der Waals surface area contributed by atoms with Crippen molar-refractivity contribution >= 4 is 11.6 Å². The average Bonchev–Trinajstić information content (AvgIpc) is 2.19. The Labute approximate surface area is 90.0 Å². The van der Waals surface area contributed by atoms with Crippen molar-refractivity contribution in [1.82, 2.24) is 0 Å². The van der Waals surface area contributed by atoms with Crippen molar-refractivity contribution < 1.29 is 9.53 Å². The molecular formula is C12H15NO2. The average molecular weight is 205 g/mol. The highest BCUT2D eigenvalue weighted by Crippen LogP contribution is 2.21. The van der Waals surface area contributed by atoms with E-state index in [1.54, 1.807) is 0 Å². The molecule has 1 aromatic rings. The van der Waals surface area contributed by atoms with Gasteiger partial charge in [0.2, 0.25) is 5.91 Å². The Morgan fingerprint density at radius 2 is 2.33 bits per heavy atom. The third-order valence-electron chi connectivity index (χ3n) is 1.93. The number of ether oxygens (including phenoxy) is 1. The second-order valence-electron chi connectivity index (χ2n) is 3.00. The lowest BCUT2D eigenvalue weighted by Crippen LogP contribution is -2.21. The predicted molar refractivity (Wildman–Crippen MR) is 61.0 cm³/mol. The molecule has 0 spiro atoms. The third-order valence-corrected chi connectivity index (χ3v) is 1.93. The fourth-order valence-corrected chi connectivity index (χ4v) is 1.31. The fourth-order valence-electron chi connectivity index (χ4n) is 1.31. The lowest BCUT2D eigenvalue weighted by atomic mass is 10.2. The van der Waals surface area contributed by atoms with Crippen LogP contribution in [0.4, 0.5) is 5.69 Å². The maximum absolute atomic E-state index is 11.3. The summed E-state index contributed by atoms with van der Waals surface area (Å²) < 4.78 is 5.35. The fraction of sp³-hybridized carbons (Fsp3) is 0.250. The Kier molecular flexibility index (Phi) is 3.92. The standard InChI is InChI=1S/C12H15NO2/c1-4-13(10(3)14)11-7-6-8-12(9-11)15-5-2/h4,6-9H,1,5H2,2-3H3. The third kappa shape index (κ3) is 2.84. The predicted octanol–water partition coefficient (Wildman–Crippen LogP) is 2.58. The van der Waals surface area contributed by atoms with Gasteiger partial charge in [-0.05, 0) is 19.1 Å². The van der Waals surface area contributed by atoms with E-state index in [2.05, 4.69) is 6.58 Å². The summed E-state index contributed by atoms with van der Waals surface area (Å²) in [5.41, 5.74) is 0.767. The SMILES string of the molecule is C=CN(C(C)=O)c1cccc(OCC)c1. The molecule has 0 saturated carbocycles. The number of rotatable bonds is 4. The van der Waals surface area contributed by atoms with Crippen LogP contribution in [0.2, 0.25) is 0 Å². The number of hydrogen-bond donors (Lipinski definition) is 0. The minimum absolute atomic E-state index is 0.0707. The highest BCUT2D eigenvalue weighted by atomic mass is 16.5. The molecule has 80 valence electrons. The van der Waals surface area contributed by atoms with Gasteiger partial charge in [0.1, 0.15) is 5.75 Å². The highest BCUT2D eigenvalue weighted by molar-refractivity contribution is 5.93. The van der Waals surface area contributed by atoms with Gasteiger partial charge in [-0.25, -0.2) is 0 Å². The first-order valence-corrected chi connectivity index (χ1v) is 4.84. The number of carbonyl (C=O) groups excluding carboxylic acids is 1. The van der Waals surface area contributed by atoms with Crippen LogP contribution in [0.3, 0.4) is 0 Å². The summed E-state index contributed by atoms with van der Waals surface area (Å²) in [5.74, 6) is 0.682. The van der Waals surface area contributed by atoms with Crippen LogP contribution >= 0.6 is 0 Å². The Bertz CT molecular complexity index is 360. The van der Waals surface area contributed by atoms with E-state index in [9.17, 15) is 4.79 Å². The number of nitrogens with zero attached hydrogens (tertiary/aromatic N) is 1. The minimum Gasteiger partial charge on any atom is -0.494 e. The van der Waals surface area contributed by atoms with Gasteiger partial charge in [-0.1, -0.05) is 12.6 Å². The van der Waals surface area contributed by atoms with Gasteiger partial charge in [0.05, 0.1) is 12.3 Å². The molecule has 1 rings (SSSR count). The van der Waals surface area contributed by atoms with Crippen LogP contribution in [0.1, 0.15) is 13.8 Å². The molecule has 0 fully saturated rings. The molecule has 0 N–H and O–H groups in total. The topological polar surface area (TPSA) is 29.5 Å². The molecule has 0 saturated heterocycles.